The van der Waals surface area contributed by atoms with E-state index in [1.54, 1.807) is 7.11 Å². The lowest BCUT2D eigenvalue weighted by Gasteiger charge is -2.18. The van der Waals surface area contributed by atoms with Gasteiger partial charge < -0.3 is 9.47 Å². The highest BCUT2D eigenvalue weighted by Crippen LogP contribution is 2.26. The Balaban J connectivity index is 0. The number of ketones is 1. The van der Waals surface area contributed by atoms with Crippen molar-refractivity contribution in [3.05, 3.63) is 84.0 Å². The van der Waals surface area contributed by atoms with Crippen LogP contribution in [0.4, 0.5) is 0 Å². The molecule has 0 spiro atoms. The van der Waals surface area contributed by atoms with E-state index in [-0.39, 0.29) is 5.78 Å². The lowest BCUT2D eigenvalue weighted by Crippen LogP contribution is -2.16. The Morgan fingerprint density at radius 3 is 1.65 bits per heavy atom. The maximum atomic E-state index is 11.9. The lowest BCUT2D eigenvalue weighted by atomic mass is 10.1. The van der Waals surface area contributed by atoms with Crippen LogP contribution < -0.4 is 9.47 Å². The molecule has 1 unspecified atom stereocenters. The summed E-state index contributed by atoms with van der Waals surface area (Å²) in [4.78, 5) is 11.9. The Morgan fingerprint density at radius 1 is 0.824 bits per heavy atom. The van der Waals surface area contributed by atoms with Gasteiger partial charge in [0.25, 0.3) is 0 Å². The van der Waals surface area contributed by atoms with E-state index in [9.17, 15) is 4.79 Å². The molecule has 1 atom stereocenters. The van der Waals surface area contributed by atoms with Crippen LogP contribution in [-0.4, -0.2) is 12.9 Å². The minimum Gasteiger partial charge on any atom is -0.497 e. The molecule has 3 nitrogen and oxygen atoms in total. The Bertz CT molecular complexity index is 771. The maximum absolute atomic E-state index is 11.9. The van der Waals surface area contributed by atoms with Crippen molar-refractivity contribution in [3.8, 4) is 11.5 Å². The molecule has 0 aromatic heterocycles. The summed E-state index contributed by atoms with van der Waals surface area (Å²) < 4.78 is 11.0. The molecule has 3 heteroatoms. The van der Waals surface area contributed by atoms with Gasteiger partial charge in [0.05, 0.1) is 7.11 Å². The average Bonchev–Trinajstić information content (AvgIpc) is 2.87. The summed E-state index contributed by atoms with van der Waals surface area (Å²) >= 11 is 0. The first-order valence-electron chi connectivity index (χ1n) is 12.5. The van der Waals surface area contributed by atoms with Gasteiger partial charge in [-0.3, -0.25) is 4.79 Å². The van der Waals surface area contributed by atoms with Crippen LogP contribution in [0.3, 0.4) is 0 Å². The first-order valence-corrected chi connectivity index (χ1v) is 12.5. The molecule has 0 radical (unpaired) electrons. The van der Waals surface area contributed by atoms with Crippen LogP contribution in [-0.2, 0) is 4.79 Å². The van der Waals surface area contributed by atoms with E-state index in [1.165, 1.54) is 32.6 Å². The van der Waals surface area contributed by atoms with E-state index in [0.29, 0.717) is 0 Å². The number of carbonyl (C=O) groups is 1. The largest absolute Gasteiger partial charge is 0.497 e. The highest BCUT2D eigenvalue weighted by atomic mass is 16.5. The molecule has 34 heavy (non-hydrogen) atoms. The smallest absolute Gasteiger partial charge is 0.181 e. The van der Waals surface area contributed by atoms with Crippen molar-refractivity contribution < 1.29 is 14.3 Å². The van der Waals surface area contributed by atoms with Crippen molar-refractivity contribution >= 4 is 5.78 Å². The number of carbonyl (C=O) groups excluding carboxylic acids is 1. The minimum atomic E-state index is -0.595. The van der Waals surface area contributed by atoms with Crippen molar-refractivity contribution in [2.75, 3.05) is 7.11 Å². The average molecular weight is 469 g/mol. The number of hydrogen-bond donors (Lipinski definition) is 0. The van der Waals surface area contributed by atoms with Gasteiger partial charge in [-0.2, -0.15) is 0 Å². The van der Waals surface area contributed by atoms with Crippen molar-refractivity contribution in [1.29, 1.82) is 0 Å². The second-order valence-electron chi connectivity index (χ2n) is 7.70. The van der Waals surface area contributed by atoms with Crippen LogP contribution in [0.25, 0.3) is 0 Å². The summed E-state index contributed by atoms with van der Waals surface area (Å²) in [5, 5.41) is 0. The van der Waals surface area contributed by atoms with E-state index < -0.39 is 6.10 Å². The molecular weight excluding hydrogens is 420 g/mol. The van der Waals surface area contributed by atoms with Crippen LogP contribution in [0.5, 0.6) is 11.5 Å². The van der Waals surface area contributed by atoms with E-state index in [0.717, 1.165) is 22.6 Å². The second kappa shape index (κ2) is 23.4. The van der Waals surface area contributed by atoms with Crippen molar-refractivity contribution in [1.82, 2.24) is 0 Å². The number of methoxy groups -OCH3 is 1. The topological polar surface area (TPSA) is 35.5 Å². The third-order valence-corrected chi connectivity index (χ3v) is 4.62. The number of aryl methyl sites for hydroxylation is 1. The first kappa shape index (κ1) is 33.4. The minimum absolute atomic E-state index is 0.0292. The third-order valence-electron chi connectivity index (χ3n) is 4.62. The summed E-state index contributed by atoms with van der Waals surface area (Å²) in [6.07, 6.45) is 12.7. The number of unbranched alkanes of at least 4 members (excludes halogenated alkanes) is 2. The van der Waals surface area contributed by atoms with E-state index in [1.807, 2.05) is 93.6 Å². The molecule has 0 heterocycles. The molecular formula is C31H48O3. The molecule has 0 saturated heterocycles. The van der Waals surface area contributed by atoms with Gasteiger partial charge in [0.1, 0.15) is 11.5 Å². The SMILES string of the molecule is C/C=C\C=C/C.CCCC.CCCC.COc1ccc(C(Oc2ccccc2C)C(C)=O)cc1. The number of allylic oxidation sites excluding steroid dienone is 4. The molecule has 0 aliphatic heterocycles. The molecule has 2 aromatic rings. The fourth-order valence-electron chi connectivity index (χ4n) is 2.20. The lowest BCUT2D eigenvalue weighted by molar-refractivity contribution is -0.123. The first-order chi connectivity index (χ1) is 16.4. The molecule has 0 fully saturated rings. The number of Topliss-reactive ketones (excluding diaryl/α,β-unsaturated/α-hetero) is 1. The van der Waals surface area contributed by atoms with E-state index in [4.69, 9.17) is 9.47 Å². The molecule has 0 aliphatic carbocycles. The molecule has 0 bridgehead atoms. The number of rotatable bonds is 8. The molecule has 0 aliphatic rings. The van der Waals surface area contributed by atoms with Crippen LogP contribution in [0.15, 0.2) is 72.8 Å². The number of para-hydroxylation sites is 1. The Kier molecular flexibility index (Phi) is 22.9. The third kappa shape index (κ3) is 16.8. The van der Waals surface area contributed by atoms with Gasteiger partial charge in [0.2, 0.25) is 0 Å². The standard InChI is InChI=1S/C17H18O3.C6H10.2C4H10/c1-12-6-4-5-7-16(12)20-17(13(2)18)14-8-10-15(19-3)11-9-14;1-3-5-6-4-2;2*1-3-4-2/h4-11,17H,1-3H3;3-6H,1-2H3;2*3-4H2,1-2H3/b;5-3-,6-4-;;. The number of ether oxygens (including phenoxy) is 2. The Labute approximate surface area is 209 Å². The summed E-state index contributed by atoms with van der Waals surface area (Å²) in [7, 11) is 1.61. The zero-order chi connectivity index (χ0) is 26.2. The normalized spacial score (nSPS) is 10.7. The molecule has 0 amide bonds. The monoisotopic (exact) mass is 468 g/mol. The zero-order valence-electron chi connectivity index (χ0n) is 23.1. The second-order valence-corrected chi connectivity index (χ2v) is 7.70. The maximum Gasteiger partial charge on any atom is 0.181 e. The fraction of sp³-hybridized carbons (Fsp3) is 0.452. The molecule has 0 N–H and O–H groups in total. The molecule has 2 aromatic carbocycles. The highest BCUT2D eigenvalue weighted by molar-refractivity contribution is 5.82. The van der Waals surface area contributed by atoms with Crippen LogP contribution in [0.1, 0.15) is 91.4 Å². The van der Waals surface area contributed by atoms with E-state index in [2.05, 4.69) is 27.7 Å². The van der Waals surface area contributed by atoms with Crippen LogP contribution >= 0.6 is 0 Å². The van der Waals surface area contributed by atoms with Gasteiger partial charge in [-0.15, -0.1) is 0 Å². The summed E-state index contributed by atoms with van der Waals surface area (Å²) in [5.74, 6) is 1.45. The fourth-order valence-corrected chi connectivity index (χ4v) is 2.20. The molecule has 0 saturated carbocycles. The molecule has 2 rings (SSSR count). The van der Waals surface area contributed by atoms with Gasteiger partial charge in [-0.25, -0.2) is 0 Å². The summed E-state index contributed by atoms with van der Waals surface area (Å²) in [6.45, 7) is 16.2. The predicted molar refractivity (Wildman–Crippen MR) is 149 cm³/mol. The van der Waals surface area contributed by atoms with Crippen molar-refractivity contribution in [2.24, 2.45) is 0 Å². The zero-order valence-corrected chi connectivity index (χ0v) is 23.1. The molecule has 190 valence electrons. The van der Waals surface area contributed by atoms with Crippen LogP contribution in [0, 0.1) is 6.92 Å². The van der Waals surface area contributed by atoms with Gasteiger partial charge in [-0.05, 0) is 51.5 Å². The van der Waals surface area contributed by atoms with Gasteiger partial charge >= 0.3 is 0 Å². The number of benzene rings is 2. The Hall–Kier alpha value is -2.81. The Morgan fingerprint density at radius 2 is 1.29 bits per heavy atom. The highest BCUT2D eigenvalue weighted by Gasteiger charge is 2.19. The predicted octanol–water partition coefficient (Wildman–Crippen LogP) is 9.46. The van der Waals surface area contributed by atoms with Crippen molar-refractivity contribution in [3.63, 3.8) is 0 Å². The summed E-state index contributed by atoms with van der Waals surface area (Å²) in [6, 6.07) is 15.0. The van der Waals surface area contributed by atoms with Gasteiger partial charge in [0.15, 0.2) is 11.9 Å². The van der Waals surface area contributed by atoms with Gasteiger partial charge in [0, 0.05) is 5.56 Å². The summed E-state index contributed by atoms with van der Waals surface area (Å²) in [5.41, 5.74) is 1.83. The number of hydrogen-bond acceptors (Lipinski definition) is 3. The quantitative estimate of drug-likeness (QED) is 0.362. The van der Waals surface area contributed by atoms with Crippen LogP contribution in [0.2, 0.25) is 0 Å². The van der Waals surface area contributed by atoms with Gasteiger partial charge in [-0.1, -0.05) is 108 Å². The van der Waals surface area contributed by atoms with E-state index >= 15 is 0 Å². The van der Waals surface area contributed by atoms with Crippen molar-refractivity contribution in [2.45, 2.75) is 87.2 Å².